The van der Waals surface area contributed by atoms with E-state index in [-0.39, 0.29) is 6.04 Å². The zero-order valence-corrected chi connectivity index (χ0v) is 9.34. The fraction of sp³-hybridized carbons (Fsp3) is 0.455. The maximum atomic E-state index is 6.07. The van der Waals surface area contributed by atoms with Crippen molar-refractivity contribution < 1.29 is 4.74 Å². The number of hydrogen-bond acceptors (Lipinski definition) is 2. The molecule has 0 aliphatic heterocycles. The van der Waals surface area contributed by atoms with E-state index >= 15 is 0 Å². The molecule has 1 aromatic carbocycles. The van der Waals surface area contributed by atoms with Crippen molar-refractivity contribution in [1.82, 2.24) is 0 Å². The van der Waals surface area contributed by atoms with Crippen LogP contribution in [0.5, 0.6) is 5.75 Å². The summed E-state index contributed by atoms with van der Waals surface area (Å²) in [5.74, 6) is 0.821. The van der Waals surface area contributed by atoms with Crippen LogP contribution in [0.2, 0.25) is 5.02 Å². The Bertz CT molecular complexity index is 301. The summed E-state index contributed by atoms with van der Waals surface area (Å²) in [6, 6.07) is 5.79. The number of rotatable bonds is 4. The molecule has 1 rings (SSSR count). The molecule has 0 fully saturated rings. The third kappa shape index (κ3) is 2.63. The maximum absolute atomic E-state index is 6.07. The van der Waals surface area contributed by atoms with Gasteiger partial charge < -0.3 is 10.5 Å². The molecule has 0 spiro atoms. The molecule has 0 aliphatic carbocycles. The minimum Gasteiger partial charge on any atom is -0.496 e. The molecule has 3 heteroatoms. The van der Waals surface area contributed by atoms with Crippen LogP contribution in [0.3, 0.4) is 0 Å². The molecule has 1 aromatic rings. The first-order chi connectivity index (χ1) is 6.69. The SMILES string of the molecule is CCC(N)Cc1c(Cl)cccc1OC. The number of methoxy groups -OCH3 is 1. The van der Waals surface area contributed by atoms with Crippen molar-refractivity contribution in [2.45, 2.75) is 25.8 Å². The number of benzene rings is 1. The Kier molecular flexibility index (Phi) is 4.23. The highest BCUT2D eigenvalue weighted by molar-refractivity contribution is 6.31. The molecule has 0 heterocycles. The topological polar surface area (TPSA) is 35.2 Å². The van der Waals surface area contributed by atoms with Crippen LogP contribution in [0.25, 0.3) is 0 Å². The summed E-state index contributed by atoms with van der Waals surface area (Å²) in [7, 11) is 1.65. The first-order valence-electron chi connectivity index (χ1n) is 4.76. The minimum atomic E-state index is 0.142. The lowest BCUT2D eigenvalue weighted by Gasteiger charge is -2.13. The van der Waals surface area contributed by atoms with Crippen LogP contribution in [0.15, 0.2) is 18.2 Å². The standard InChI is InChI=1S/C11H16ClNO/c1-3-8(13)7-9-10(12)5-4-6-11(9)14-2/h4-6,8H,3,7,13H2,1-2H3. The quantitative estimate of drug-likeness (QED) is 0.835. The molecular formula is C11H16ClNO. The molecule has 0 saturated carbocycles. The van der Waals surface area contributed by atoms with E-state index in [1.165, 1.54) is 0 Å². The van der Waals surface area contributed by atoms with Gasteiger partial charge in [-0.2, -0.15) is 0 Å². The van der Waals surface area contributed by atoms with Crippen LogP contribution in [0.4, 0.5) is 0 Å². The molecule has 0 radical (unpaired) electrons. The normalized spacial score (nSPS) is 12.6. The van der Waals surface area contributed by atoms with Crippen LogP contribution in [0, 0.1) is 0 Å². The molecule has 1 unspecified atom stereocenters. The van der Waals surface area contributed by atoms with Gasteiger partial charge in [0.2, 0.25) is 0 Å². The van der Waals surface area contributed by atoms with Gasteiger partial charge >= 0.3 is 0 Å². The Balaban J connectivity index is 2.92. The van der Waals surface area contributed by atoms with Gasteiger partial charge in [0.25, 0.3) is 0 Å². The zero-order valence-electron chi connectivity index (χ0n) is 8.59. The molecule has 14 heavy (non-hydrogen) atoms. The minimum absolute atomic E-state index is 0.142. The van der Waals surface area contributed by atoms with Gasteiger partial charge in [0, 0.05) is 16.6 Å². The molecule has 1 atom stereocenters. The van der Waals surface area contributed by atoms with Crippen LogP contribution >= 0.6 is 11.6 Å². The highest BCUT2D eigenvalue weighted by Gasteiger charge is 2.10. The van der Waals surface area contributed by atoms with E-state index in [1.54, 1.807) is 7.11 Å². The van der Waals surface area contributed by atoms with E-state index in [9.17, 15) is 0 Å². The average Bonchev–Trinajstić information content (AvgIpc) is 2.20. The van der Waals surface area contributed by atoms with Gasteiger partial charge in [-0.3, -0.25) is 0 Å². The van der Waals surface area contributed by atoms with E-state index in [0.29, 0.717) is 0 Å². The first kappa shape index (κ1) is 11.3. The number of hydrogen-bond donors (Lipinski definition) is 1. The van der Waals surface area contributed by atoms with Gasteiger partial charge in [0.05, 0.1) is 7.11 Å². The summed E-state index contributed by atoms with van der Waals surface area (Å²) in [6.07, 6.45) is 1.70. The fourth-order valence-corrected chi connectivity index (χ4v) is 1.58. The van der Waals surface area contributed by atoms with Crippen molar-refractivity contribution in [3.63, 3.8) is 0 Å². The summed E-state index contributed by atoms with van der Waals surface area (Å²) in [6.45, 7) is 2.06. The predicted octanol–water partition coefficient (Wildman–Crippen LogP) is 2.63. The first-order valence-corrected chi connectivity index (χ1v) is 5.13. The molecule has 0 aromatic heterocycles. The fourth-order valence-electron chi connectivity index (χ4n) is 1.33. The predicted molar refractivity (Wildman–Crippen MR) is 60.0 cm³/mol. The summed E-state index contributed by atoms with van der Waals surface area (Å²) < 4.78 is 5.23. The van der Waals surface area contributed by atoms with E-state index < -0.39 is 0 Å². The third-order valence-corrected chi connectivity index (χ3v) is 2.64. The van der Waals surface area contributed by atoms with E-state index in [2.05, 4.69) is 6.92 Å². The summed E-state index contributed by atoms with van der Waals surface area (Å²) in [4.78, 5) is 0. The van der Waals surface area contributed by atoms with Crippen molar-refractivity contribution in [1.29, 1.82) is 0 Å². The van der Waals surface area contributed by atoms with Gasteiger partial charge in [-0.1, -0.05) is 24.6 Å². The Morgan fingerprint density at radius 2 is 2.21 bits per heavy atom. The maximum Gasteiger partial charge on any atom is 0.123 e. The molecule has 78 valence electrons. The summed E-state index contributed by atoms with van der Waals surface area (Å²) >= 11 is 6.07. The monoisotopic (exact) mass is 213 g/mol. The molecule has 2 nitrogen and oxygen atoms in total. The summed E-state index contributed by atoms with van der Waals surface area (Å²) in [5, 5.41) is 0.730. The Labute approximate surface area is 90.0 Å². The van der Waals surface area contributed by atoms with Crippen molar-refractivity contribution in [3.05, 3.63) is 28.8 Å². The van der Waals surface area contributed by atoms with E-state index in [1.807, 2.05) is 18.2 Å². The lowest BCUT2D eigenvalue weighted by Crippen LogP contribution is -2.21. The second kappa shape index (κ2) is 5.23. The van der Waals surface area contributed by atoms with Crippen LogP contribution in [-0.4, -0.2) is 13.2 Å². The Morgan fingerprint density at radius 1 is 1.50 bits per heavy atom. The van der Waals surface area contributed by atoms with E-state index in [4.69, 9.17) is 22.1 Å². The highest BCUT2D eigenvalue weighted by Crippen LogP contribution is 2.27. The number of ether oxygens (including phenoxy) is 1. The van der Waals surface area contributed by atoms with Gasteiger partial charge in [0.1, 0.15) is 5.75 Å². The van der Waals surface area contributed by atoms with Crippen LogP contribution < -0.4 is 10.5 Å². The highest BCUT2D eigenvalue weighted by atomic mass is 35.5. The van der Waals surface area contributed by atoms with Gasteiger partial charge in [-0.05, 0) is 25.0 Å². The largest absolute Gasteiger partial charge is 0.496 e. The van der Waals surface area contributed by atoms with Crippen LogP contribution in [-0.2, 0) is 6.42 Å². The molecule has 2 N–H and O–H groups in total. The summed E-state index contributed by atoms with van der Waals surface area (Å²) in [5.41, 5.74) is 6.89. The second-order valence-electron chi connectivity index (χ2n) is 3.29. The van der Waals surface area contributed by atoms with Crippen molar-refractivity contribution >= 4 is 11.6 Å². The van der Waals surface area contributed by atoms with Crippen molar-refractivity contribution in [2.24, 2.45) is 5.73 Å². The Hall–Kier alpha value is -0.730. The van der Waals surface area contributed by atoms with Crippen molar-refractivity contribution in [3.8, 4) is 5.75 Å². The smallest absolute Gasteiger partial charge is 0.123 e. The average molecular weight is 214 g/mol. The lowest BCUT2D eigenvalue weighted by atomic mass is 10.0. The van der Waals surface area contributed by atoms with Crippen LogP contribution in [0.1, 0.15) is 18.9 Å². The van der Waals surface area contributed by atoms with Crippen molar-refractivity contribution in [2.75, 3.05) is 7.11 Å². The molecular weight excluding hydrogens is 198 g/mol. The van der Waals surface area contributed by atoms with Gasteiger partial charge in [-0.15, -0.1) is 0 Å². The number of nitrogens with two attached hydrogens (primary N) is 1. The van der Waals surface area contributed by atoms with E-state index in [0.717, 1.165) is 29.2 Å². The molecule has 0 saturated heterocycles. The molecule has 0 amide bonds. The lowest BCUT2D eigenvalue weighted by molar-refractivity contribution is 0.407. The van der Waals surface area contributed by atoms with Gasteiger partial charge in [0.15, 0.2) is 0 Å². The second-order valence-corrected chi connectivity index (χ2v) is 3.70. The molecule has 0 aliphatic rings. The van der Waals surface area contributed by atoms with Gasteiger partial charge in [-0.25, -0.2) is 0 Å². The zero-order chi connectivity index (χ0) is 10.6. The third-order valence-electron chi connectivity index (χ3n) is 2.29. The molecule has 0 bridgehead atoms. The number of halogens is 1. The Morgan fingerprint density at radius 3 is 2.79 bits per heavy atom.